The number of rotatable bonds is 3. The maximum absolute atomic E-state index is 11.1. The van der Waals surface area contributed by atoms with E-state index in [1.165, 1.54) is 12.3 Å². The lowest BCUT2D eigenvalue weighted by Gasteiger charge is -2.10. The van der Waals surface area contributed by atoms with Crippen LogP contribution in [0.5, 0.6) is 0 Å². The van der Waals surface area contributed by atoms with Gasteiger partial charge in [-0.15, -0.1) is 0 Å². The molecule has 6 heteroatoms. The number of anilines is 2. The van der Waals surface area contributed by atoms with E-state index in [4.69, 9.17) is 10.4 Å². The predicted molar refractivity (Wildman–Crippen MR) is 73.3 cm³/mol. The summed E-state index contributed by atoms with van der Waals surface area (Å²) in [5.41, 5.74) is 0.953. The average Bonchev–Trinajstić information content (AvgIpc) is 2.39. The van der Waals surface area contributed by atoms with Crippen LogP contribution >= 0.6 is 15.9 Å². The van der Waals surface area contributed by atoms with E-state index in [9.17, 15) is 4.79 Å². The molecule has 1 aromatic heterocycles. The smallest absolute Gasteiger partial charge is 0.339 e. The molecule has 0 spiro atoms. The molecule has 0 aliphatic rings. The number of aromatic carboxylic acids is 1. The molecule has 0 unspecified atom stereocenters. The third-order valence-corrected chi connectivity index (χ3v) is 2.89. The van der Waals surface area contributed by atoms with E-state index < -0.39 is 5.97 Å². The molecule has 0 saturated heterocycles. The summed E-state index contributed by atoms with van der Waals surface area (Å²) in [5.74, 6) is -0.881. The minimum absolute atomic E-state index is 0.0476. The quantitative estimate of drug-likeness (QED) is 0.908. The second-order valence-corrected chi connectivity index (χ2v) is 4.55. The number of hydrogen-bond acceptors (Lipinski definition) is 4. The fourth-order valence-electron chi connectivity index (χ4n) is 1.52. The molecule has 1 aromatic carbocycles. The van der Waals surface area contributed by atoms with Gasteiger partial charge in [0.25, 0.3) is 0 Å². The molecule has 0 fully saturated rings. The molecule has 2 rings (SSSR count). The van der Waals surface area contributed by atoms with E-state index in [0.717, 1.165) is 4.47 Å². The highest BCUT2D eigenvalue weighted by Crippen LogP contribution is 2.25. The van der Waals surface area contributed by atoms with E-state index in [1.807, 2.05) is 6.07 Å². The molecule has 0 radical (unpaired) electrons. The van der Waals surface area contributed by atoms with Crippen LogP contribution in [0.25, 0.3) is 0 Å². The number of nitrogens with one attached hydrogen (secondary N) is 1. The molecule has 0 amide bonds. The van der Waals surface area contributed by atoms with E-state index in [2.05, 4.69) is 26.2 Å². The Morgan fingerprint density at radius 2 is 2.21 bits per heavy atom. The number of aromatic nitrogens is 1. The average molecular weight is 318 g/mol. The van der Waals surface area contributed by atoms with Crippen molar-refractivity contribution in [3.63, 3.8) is 0 Å². The molecule has 5 nitrogen and oxygen atoms in total. The van der Waals surface area contributed by atoms with Crippen molar-refractivity contribution >= 4 is 33.4 Å². The Balaban J connectivity index is 2.45. The summed E-state index contributed by atoms with van der Waals surface area (Å²) >= 11 is 3.30. The van der Waals surface area contributed by atoms with Gasteiger partial charge in [0.15, 0.2) is 0 Å². The first kappa shape index (κ1) is 13.1. The zero-order valence-electron chi connectivity index (χ0n) is 9.59. The van der Waals surface area contributed by atoms with Gasteiger partial charge < -0.3 is 10.4 Å². The number of nitriles is 1. The van der Waals surface area contributed by atoms with Gasteiger partial charge in [0, 0.05) is 10.7 Å². The van der Waals surface area contributed by atoms with Crippen molar-refractivity contribution in [3.05, 3.63) is 52.1 Å². The normalized spacial score (nSPS) is 9.68. The van der Waals surface area contributed by atoms with Gasteiger partial charge in [0.1, 0.15) is 17.5 Å². The molecule has 0 saturated carbocycles. The third kappa shape index (κ3) is 2.89. The summed E-state index contributed by atoms with van der Waals surface area (Å²) in [5, 5.41) is 21.0. The Morgan fingerprint density at radius 1 is 1.42 bits per heavy atom. The molecule has 19 heavy (non-hydrogen) atoms. The molecule has 0 aliphatic heterocycles. The van der Waals surface area contributed by atoms with E-state index in [-0.39, 0.29) is 11.4 Å². The maximum atomic E-state index is 11.1. The van der Waals surface area contributed by atoms with Crippen molar-refractivity contribution in [1.82, 2.24) is 4.98 Å². The minimum atomic E-state index is -1.08. The van der Waals surface area contributed by atoms with Crippen LogP contribution in [0.4, 0.5) is 11.5 Å². The van der Waals surface area contributed by atoms with Crippen molar-refractivity contribution in [2.75, 3.05) is 5.32 Å². The maximum Gasteiger partial charge on any atom is 0.339 e. The summed E-state index contributed by atoms with van der Waals surface area (Å²) in [7, 11) is 0. The summed E-state index contributed by atoms with van der Waals surface area (Å²) in [6.07, 6.45) is 1.48. The number of pyridine rings is 1. The standard InChI is InChI=1S/C13H8BrN3O2/c14-9-4-3-8(7-15)11(6-9)17-12-10(13(18)19)2-1-5-16-12/h1-6H,(H,16,17)(H,18,19). The molecule has 0 bridgehead atoms. The summed E-state index contributed by atoms with van der Waals surface area (Å²) in [6.45, 7) is 0. The van der Waals surface area contributed by atoms with Gasteiger partial charge >= 0.3 is 5.97 Å². The topological polar surface area (TPSA) is 86.0 Å². The lowest BCUT2D eigenvalue weighted by molar-refractivity contribution is 0.0697. The van der Waals surface area contributed by atoms with Crippen LogP contribution < -0.4 is 5.32 Å². The van der Waals surface area contributed by atoms with E-state index >= 15 is 0 Å². The second-order valence-electron chi connectivity index (χ2n) is 3.63. The number of nitrogens with zero attached hydrogens (tertiary/aromatic N) is 2. The van der Waals surface area contributed by atoms with Gasteiger partial charge in [-0.25, -0.2) is 9.78 Å². The third-order valence-electron chi connectivity index (χ3n) is 2.39. The zero-order chi connectivity index (χ0) is 13.8. The predicted octanol–water partition coefficient (Wildman–Crippen LogP) is 3.16. The van der Waals surface area contributed by atoms with Gasteiger partial charge in [0.05, 0.1) is 11.3 Å². The molecule has 2 aromatic rings. The van der Waals surface area contributed by atoms with Crippen molar-refractivity contribution in [1.29, 1.82) is 5.26 Å². The van der Waals surface area contributed by atoms with Gasteiger partial charge in [-0.1, -0.05) is 15.9 Å². The first-order valence-electron chi connectivity index (χ1n) is 5.27. The molecular weight excluding hydrogens is 310 g/mol. The highest BCUT2D eigenvalue weighted by molar-refractivity contribution is 9.10. The molecule has 2 N–H and O–H groups in total. The Labute approximate surface area is 117 Å². The lowest BCUT2D eigenvalue weighted by Crippen LogP contribution is -2.05. The molecule has 0 atom stereocenters. The fraction of sp³-hybridized carbons (Fsp3) is 0. The Morgan fingerprint density at radius 3 is 2.89 bits per heavy atom. The monoisotopic (exact) mass is 317 g/mol. The lowest BCUT2D eigenvalue weighted by atomic mass is 10.2. The Kier molecular flexibility index (Phi) is 3.78. The minimum Gasteiger partial charge on any atom is -0.478 e. The number of carbonyl (C=O) groups is 1. The number of carboxylic acids is 1. The van der Waals surface area contributed by atoms with Crippen LogP contribution in [0.15, 0.2) is 41.0 Å². The largest absolute Gasteiger partial charge is 0.478 e. The van der Waals surface area contributed by atoms with Crippen molar-refractivity contribution in [2.45, 2.75) is 0 Å². The van der Waals surface area contributed by atoms with Crippen molar-refractivity contribution < 1.29 is 9.90 Å². The first-order chi connectivity index (χ1) is 9.11. The van der Waals surface area contributed by atoms with E-state index in [0.29, 0.717) is 11.3 Å². The zero-order valence-corrected chi connectivity index (χ0v) is 11.2. The van der Waals surface area contributed by atoms with Crippen LogP contribution in [0, 0.1) is 11.3 Å². The second kappa shape index (κ2) is 5.50. The SMILES string of the molecule is N#Cc1ccc(Br)cc1Nc1ncccc1C(=O)O. The Hall–Kier alpha value is -2.39. The number of hydrogen-bond donors (Lipinski definition) is 2. The van der Waals surface area contributed by atoms with Crippen LogP contribution in [-0.2, 0) is 0 Å². The van der Waals surface area contributed by atoms with Crippen molar-refractivity contribution in [2.24, 2.45) is 0 Å². The summed E-state index contributed by atoms with van der Waals surface area (Å²) in [6, 6.07) is 10.1. The fourth-order valence-corrected chi connectivity index (χ4v) is 1.88. The van der Waals surface area contributed by atoms with Gasteiger partial charge in [-0.05, 0) is 30.3 Å². The highest BCUT2D eigenvalue weighted by atomic mass is 79.9. The Bertz CT molecular complexity index is 680. The van der Waals surface area contributed by atoms with Crippen LogP contribution in [-0.4, -0.2) is 16.1 Å². The number of benzene rings is 1. The van der Waals surface area contributed by atoms with Crippen LogP contribution in [0.1, 0.15) is 15.9 Å². The van der Waals surface area contributed by atoms with Gasteiger partial charge in [-0.2, -0.15) is 5.26 Å². The van der Waals surface area contributed by atoms with Crippen LogP contribution in [0.2, 0.25) is 0 Å². The molecule has 1 heterocycles. The van der Waals surface area contributed by atoms with Gasteiger partial charge in [0.2, 0.25) is 0 Å². The first-order valence-corrected chi connectivity index (χ1v) is 6.06. The van der Waals surface area contributed by atoms with E-state index in [1.54, 1.807) is 24.3 Å². The number of halogens is 1. The highest BCUT2D eigenvalue weighted by Gasteiger charge is 2.12. The van der Waals surface area contributed by atoms with Crippen molar-refractivity contribution in [3.8, 4) is 6.07 Å². The summed E-state index contributed by atoms with van der Waals surface area (Å²) in [4.78, 5) is 15.1. The van der Waals surface area contributed by atoms with Crippen LogP contribution in [0.3, 0.4) is 0 Å². The molecule has 94 valence electrons. The molecular formula is C13H8BrN3O2. The van der Waals surface area contributed by atoms with Gasteiger partial charge in [-0.3, -0.25) is 0 Å². The summed E-state index contributed by atoms with van der Waals surface area (Å²) < 4.78 is 0.779. The molecule has 0 aliphatic carbocycles. The number of carboxylic acid groups (broad SMARTS) is 1.